The van der Waals surface area contributed by atoms with E-state index < -0.39 is 29.2 Å². The fourth-order valence-electron chi connectivity index (χ4n) is 3.67. The van der Waals surface area contributed by atoms with E-state index in [0.717, 1.165) is 11.3 Å². The predicted molar refractivity (Wildman–Crippen MR) is 133 cm³/mol. The zero-order valence-corrected chi connectivity index (χ0v) is 21.2. The molecule has 37 heavy (non-hydrogen) atoms. The number of tetrazole rings is 1. The molecule has 2 aliphatic heterocycles. The summed E-state index contributed by atoms with van der Waals surface area (Å²) in [6, 6.07) is 0.633. The van der Waals surface area contributed by atoms with Gasteiger partial charge in [0.15, 0.2) is 10.8 Å². The molecule has 0 saturated carbocycles. The van der Waals surface area contributed by atoms with Crippen LogP contribution in [0.15, 0.2) is 32.9 Å². The quantitative estimate of drug-likeness (QED) is 0.112. The number of hydrogen-bond donors (Lipinski definition) is 4. The maximum Gasteiger partial charge on any atom is 0.352 e. The lowest BCUT2D eigenvalue weighted by molar-refractivity contribution is -0.150. The first-order valence-corrected chi connectivity index (χ1v) is 13.2. The lowest BCUT2D eigenvalue weighted by atomic mass is 10.0. The summed E-state index contributed by atoms with van der Waals surface area (Å²) in [5, 5.41) is 33.1. The van der Waals surface area contributed by atoms with E-state index in [0.29, 0.717) is 27.7 Å². The van der Waals surface area contributed by atoms with E-state index >= 15 is 0 Å². The van der Waals surface area contributed by atoms with Gasteiger partial charge in [0.05, 0.1) is 5.69 Å². The average Bonchev–Trinajstić information content (AvgIpc) is 3.52. The van der Waals surface area contributed by atoms with Gasteiger partial charge in [-0.2, -0.15) is 0 Å². The van der Waals surface area contributed by atoms with Crippen LogP contribution in [0.3, 0.4) is 0 Å². The van der Waals surface area contributed by atoms with Crippen LogP contribution in [0, 0.1) is 0 Å². The van der Waals surface area contributed by atoms with Crippen molar-refractivity contribution in [2.45, 2.75) is 16.4 Å². The molecule has 3 aromatic rings. The van der Waals surface area contributed by atoms with Crippen LogP contribution < -0.4 is 16.8 Å². The maximum atomic E-state index is 13.0. The number of hydrogen-bond acceptors (Lipinski definition) is 15. The van der Waals surface area contributed by atoms with Crippen molar-refractivity contribution < 1.29 is 24.3 Å². The van der Waals surface area contributed by atoms with Crippen LogP contribution in [-0.4, -0.2) is 93.8 Å². The summed E-state index contributed by atoms with van der Waals surface area (Å²) >= 11 is 3.68. The Hall–Kier alpha value is -3.97. The second kappa shape index (κ2) is 9.82. The largest absolute Gasteiger partial charge is 0.477 e. The molecule has 5 rings (SSSR count). The summed E-state index contributed by atoms with van der Waals surface area (Å²) < 4.78 is 1.18. The van der Waals surface area contributed by atoms with Crippen LogP contribution in [0.4, 0.5) is 10.8 Å². The minimum atomic E-state index is -1.25. The summed E-state index contributed by atoms with van der Waals surface area (Å²) in [5.74, 6) is -1.95. The third kappa shape index (κ3) is 4.51. The molecule has 0 aliphatic carbocycles. The van der Waals surface area contributed by atoms with E-state index in [1.807, 2.05) is 0 Å². The molecule has 19 heteroatoms. The number of β-lactam (4-membered cyclic amide) rings is 1. The number of carbonyl (C=O) groups excluding carboxylic acids is 2. The first kappa shape index (κ1) is 24.7. The Morgan fingerprint density at radius 3 is 2.92 bits per heavy atom. The van der Waals surface area contributed by atoms with Crippen molar-refractivity contribution in [3.05, 3.63) is 28.4 Å². The van der Waals surface area contributed by atoms with Crippen molar-refractivity contribution in [2.75, 3.05) is 30.1 Å². The van der Waals surface area contributed by atoms with Crippen molar-refractivity contribution in [1.82, 2.24) is 40.5 Å². The molecule has 2 amide bonds. The van der Waals surface area contributed by atoms with Crippen molar-refractivity contribution in [3.8, 4) is 0 Å². The number of thioether (sulfide) groups is 2. The third-order valence-corrected chi connectivity index (χ3v) is 8.28. The molecular weight excluding hydrogens is 546 g/mol. The molecule has 6 N–H and O–H groups in total. The first-order chi connectivity index (χ1) is 17.8. The van der Waals surface area contributed by atoms with E-state index in [9.17, 15) is 19.5 Å². The number of oxime groups is 1. The highest BCUT2D eigenvalue weighted by atomic mass is 32.2. The number of nitrogen functional groups attached to an aromatic ring is 2. The van der Waals surface area contributed by atoms with Crippen molar-refractivity contribution in [2.24, 2.45) is 5.16 Å². The Morgan fingerprint density at radius 2 is 2.22 bits per heavy atom. The zero-order valence-electron chi connectivity index (χ0n) is 18.8. The van der Waals surface area contributed by atoms with Gasteiger partial charge in [-0.3, -0.25) is 14.5 Å². The van der Waals surface area contributed by atoms with Gasteiger partial charge in [0, 0.05) is 16.9 Å². The molecule has 2 atom stereocenters. The van der Waals surface area contributed by atoms with E-state index in [4.69, 9.17) is 16.3 Å². The molecule has 3 aromatic heterocycles. The smallest absolute Gasteiger partial charge is 0.352 e. The van der Waals surface area contributed by atoms with Gasteiger partial charge in [-0.1, -0.05) is 16.9 Å². The monoisotopic (exact) mass is 563 g/mol. The summed E-state index contributed by atoms with van der Waals surface area (Å²) in [6.07, 6.45) is 0. The molecule has 16 nitrogen and oxygen atoms in total. The van der Waals surface area contributed by atoms with Crippen molar-refractivity contribution >= 4 is 74.8 Å². The molecule has 1 saturated heterocycles. The number of aliphatic carboxylic acids is 1. The van der Waals surface area contributed by atoms with Crippen molar-refractivity contribution in [3.63, 3.8) is 0 Å². The first-order valence-electron chi connectivity index (χ1n) is 10.3. The van der Waals surface area contributed by atoms with Crippen LogP contribution in [0.25, 0.3) is 5.65 Å². The SMILES string of the molecule is CO/N=C(/C(=O)NC1C(=O)N2C(C(=O)O)=C(CSc3cc(N)c4nnnn4n3)CSC12)c1csc(N)n1. The maximum absolute atomic E-state index is 13.0. The molecule has 0 spiro atoms. The fourth-order valence-corrected chi connectivity index (χ4v) is 6.60. The number of fused-ring (bicyclic) bond motifs is 2. The van der Waals surface area contributed by atoms with Crippen LogP contribution in [0.5, 0.6) is 0 Å². The molecule has 0 radical (unpaired) electrons. The second-order valence-corrected chi connectivity index (χ2v) is 10.5. The van der Waals surface area contributed by atoms with Gasteiger partial charge < -0.3 is 26.7 Å². The topological polar surface area (TPSA) is 229 Å². The molecule has 0 bridgehead atoms. The number of carboxylic acid groups (broad SMARTS) is 1. The Balaban J connectivity index is 1.32. The number of nitrogens with zero attached hydrogens (tertiary/aromatic N) is 8. The standard InChI is InChI=1S/C18H17N11O5S3/c1-34-25-10(8-5-37-18(20)21-8)14(30)22-11-15(31)28-12(17(32)33)6(4-36-16(11)28)3-35-9-2-7(19)13-23-26-27-29(13)24-9/h2,5,11,16H,3-4,19H2,1H3,(H2,20,21)(H,22,30)(H,32,33)/b25-10+. The highest BCUT2D eigenvalue weighted by molar-refractivity contribution is 8.01. The highest BCUT2D eigenvalue weighted by Crippen LogP contribution is 2.41. The fraction of sp³-hybridized carbons (Fsp3) is 0.278. The lowest BCUT2D eigenvalue weighted by Crippen LogP contribution is -2.71. The van der Waals surface area contributed by atoms with E-state index in [1.165, 1.54) is 45.5 Å². The van der Waals surface area contributed by atoms with Gasteiger partial charge in [-0.15, -0.1) is 37.9 Å². The van der Waals surface area contributed by atoms with E-state index in [-0.39, 0.29) is 28.0 Å². The normalized spacial score (nSPS) is 19.5. The second-order valence-electron chi connectivity index (χ2n) is 7.53. The molecule has 5 heterocycles. The number of thiazole rings is 1. The molecule has 192 valence electrons. The zero-order chi connectivity index (χ0) is 26.3. The minimum Gasteiger partial charge on any atom is -0.477 e. The molecule has 1 fully saturated rings. The molecule has 2 unspecified atom stereocenters. The van der Waals surface area contributed by atoms with Gasteiger partial charge >= 0.3 is 5.97 Å². The Labute approximate surface area is 219 Å². The summed E-state index contributed by atoms with van der Waals surface area (Å²) in [4.78, 5) is 47.9. The number of nitrogens with one attached hydrogen (secondary N) is 1. The summed E-state index contributed by atoms with van der Waals surface area (Å²) in [7, 11) is 1.27. The Bertz CT molecular complexity index is 1480. The summed E-state index contributed by atoms with van der Waals surface area (Å²) in [6.45, 7) is 0. The lowest BCUT2D eigenvalue weighted by Gasteiger charge is -2.49. The van der Waals surface area contributed by atoms with Gasteiger partial charge in [-0.25, -0.2) is 9.78 Å². The number of anilines is 2. The molecular formula is C18H17N11O5S3. The van der Waals surface area contributed by atoms with Gasteiger partial charge in [0.1, 0.15) is 34.9 Å². The Morgan fingerprint density at radius 1 is 1.41 bits per heavy atom. The minimum absolute atomic E-state index is 0.124. The molecule has 2 aliphatic rings. The molecule has 0 aromatic carbocycles. The van der Waals surface area contributed by atoms with E-state index in [1.54, 1.807) is 6.07 Å². The number of rotatable bonds is 8. The predicted octanol–water partition coefficient (Wildman–Crippen LogP) is -0.978. The van der Waals surface area contributed by atoms with E-state index in [2.05, 4.69) is 36.1 Å². The van der Waals surface area contributed by atoms with Crippen LogP contribution >= 0.6 is 34.9 Å². The van der Waals surface area contributed by atoms with Gasteiger partial charge in [0.25, 0.3) is 11.8 Å². The van der Waals surface area contributed by atoms with Crippen LogP contribution in [0.1, 0.15) is 5.69 Å². The number of carboxylic acids is 1. The highest BCUT2D eigenvalue weighted by Gasteiger charge is 2.54. The number of carbonyl (C=O) groups is 3. The van der Waals surface area contributed by atoms with Crippen molar-refractivity contribution in [1.29, 1.82) is 0 Å². The average molecular weight is 564 g/mol. The number of amides is 2. The third-order valence-electron chi connectivity index (χ3n) is 5.28. The summed E-state index contributed by atoms with van der Waals surface area (Å²) in [5.41, 5.74) is 12.7. The van der Waals surface area contributed by atoms with Crippen LogP contribution in [0.2, 0.25) is 0 Å². The Kier molecular flexibility index (Phi) is 6.56. The number of aromatic nitrogens is 6. The van der Waals surface area contributed by atoms with Gasteiger partial charge in [0.2, 0.25) is 5.65 Å². The van der Waals surface area contributed by atoms with Gasteiger partial charge in [-0.05, 0) is 22.1 Å². The number of nitrogens with two attached hydrogens (primary N) is 2. The van der Waals surface area contributed by atoms with Crippen LogP contribution in [-0.2, 0) is 19.2 Å².